The van der Waals surface area contributed by atoms with Crippen molar-refractivity contribution in [3.05, 3.63) is 0 Å². The molecule has 0 saturated heterocycles. The van der Waals surface area contributed by atoms with Crippen molar-refractivity contribution in [1.29, 1.82) is 0 Å². The first-order chi connectivity index (χ1) is 2.77. The van der Waals surface area contributed by atoms with Gasteiger partial charge in [0.1, 0.15) is 0 Å². The average molecular weight is 104 g/mol. The molecule has 0 saturated carbocycles. The van der Waals surface area contributed by atoms with Crippen LogP contribution < -0.4 is 0 Å². The van der Waals surface area contributed by atoms with Gasteiger partial charge in [0.15, 0.2) is 0 Å². The Balaban J connectivity index is 0. The molecule has 7 heavy (non-hydrogen) atoms. The molecule has 0 aliphatic rings. The fourth-order valence-corrected chi connectivity index (χ4v) is 0.214. The molecule has 44 valence electrons. The molecule has 0 atom stereocenters. The molecule has 2 nitrogen and oxygen atoms in total. The van der Waals surface area contributed by atoms with Crippen LogP contribution in [0.4, 0.5) is 0 Å². The lowest BCUT2D eigenvalue weighted by molar-refractivity contribution is -0.137. The monoisotopic (exact) mass is 104 g/mol. The first-order valence-corrected chi connectivity index (χ1v) is 1.99. The third-order valence-electron chi connectivity index (χ3n) is 0.464. The minimum absolute atomic E-state index is 0. The molecule has 0 aliphatic carbocycles. The fraction of sp³-hybridized carbons (Fsp3) is 0.800. The maximum absolute atomic E-state index is 9.60. The molecule has 2 heteroatoms. The standard InChI is InChI=1S/C4H8O2.CH4/c1-2-3-4(5)6;/h2-3H2,1H3,(H,5,6);1H4. The average Bonchev–Trinajstić information content (AvgIpc) is 1.35. The van der Waals surface area contributed by atoms with Crippen molar-refractivity contribution >= 4 is 5.97 Å². The number of carboxylic acids is 1. The summed E-state index contributed by atoms with van der Waals surface area (Å²) in [5.41, 5.74) is 0. The predicted molar refractivity (Wildman–Crippen MR) is 29.3 cm³/mol. The Bertz CT molecular complexity index is 50.0. The van der Waals surface area contributed by atoms with Crippen molar-refractivity contribution in [3.8, 4) is 0 Å². The van der Waals surface area contributed by atoms with Crippen molar-refractivity contribution in [3.63, 3.8) is 0 Å². The van der Waals surface area contributed by atoms with Crippen molar-refractivity contribution < 1.29 is 9.90 Å². The highest BCUT2D eigenvalue weighted by Gasteiger charge is 1.87. The van der Waals surface area contributed by atoms with Gasteiger partial charge in [-0.05, 0) is 6.42 Å². The Hall–Kier alpha value is -0.530. The van der Waals surface area contributed by atoms with Gasteiger partial charge in [-0.1, -0.05) is 14.4 Å². The molecule has 0 bridgehead atoms. The van der Waals surface area contributed by atoms with Gasteiger partial charge in [-0.25, -0.2) is 0 Å². The highest BCUT2D eigenvalue weighted by molar-refractivity contribution is 5.66. The second-order valence-corrected chi connectivity index (χ2v) is 1.14. The summed E-state index contributed by atoms with van der Waals surface area (Å²) in [6, 6.07) is 0. The third kappa shape index (κ3) is 10.8. The molecular formula is C5H12O2. The summed E-state index contributed by atoms with van der Waals surface area (Å²) in [5, 5.41) is 7.91. The normalized spacial score (nSPS) is 7.00. The summed E-state index contributed by atoms with van der Waals surface area (Å²) in [6.07, 6.45) is 1.02. The van der Waals surface area contributed by atoms with Crippen LogP contribution in [0.1, 0.15) is 27.2 Å². The van der Waals surface area contributed by atoms with Gasteiger partial charge in [-0.3, -0.25) is 4.79 Å². The highest BCUT2D eigenvalue weighted by atomic mass is 16.4. The SMILES string of the molecule is C.CCCC(=O)O. The van der Waals surface area contributed by atoms with E-state index in [-0.39, 0.29) is 7.43 Å². The van der Waals surface area contributed by atoms with Gasteiger partial charge >= 0.3 is 5.97 Å². The van der Waals surface area contributed by atoms with E-state index < -0.39 is 5.97 Å². The van der Waals surface area contributed by atoms with E-state index in [1.807, 2.05) is 6.92 Å². The first kappa shape index (κ1) is 9.69. The molecule has 0 radical (unpaired) electrons. The van der Waals surface area contributed by atoms with Crippen LogP contribution in [0.25, 0.3) is 0 Å². The predicted octanol–water partition coefficient (Wildman–Crippen LogP) is 1.51. The smallest absolute Gasteiger partial charge is 0.303 e. The molecule has 0 aromatic heterocycles. The fourth-order valence-electron chi connectivity index (χ4n) is 0.214. The molecule has 0 fully saturated rings. The van der Waals surface area contributed by atoms with E-state index in [4.69, 9.17) is 5.11 Å². The highest BCUT2D eigenvalue weighted by Crippen LogP contribution is 1.82. The maximum Gasteiger partial charge on any atom is 0.303 e. The van der Waals surface area contributed by atoms with Crippen molar-refractivity contribution in [1.82, 2.24) is 0 Å². The molecule has 0 aromatic carbocycles. The zero-order chi connectivity index (χ0) is 4.99. The summed E-state index contributed by atoms with van der Waals surface area (Å²) in [4.78, 5) is 9.60. The lowest BCUT2D eigenvalue weighted by atomic mass is 10.4. The summed E-state index contributed by atoms with van der Waals surface area (Å²) in [5.74, 6) is -0.711. The van der Waals surface area contributed by atoms with Crippen molar-refractivity contribution in [2.75, 3.05) is 0 Å². The van der Waals surface area contributed by atoms with Gasteiger partial charge in [0.2, 0.25) is 0 Å². The van der Waals surface area contributed by atoms with Crippen molar-refractivity contribution in [2.45, 2.75) is 27.2 Å². The largest absolute Gasteiger partial charge is 0.481 e. The third-order valence-corrected chi connectivity index (χ3v) is 0.464. The van der Waals surface area contributed by atoms with Crippen LogP contribution in [-0.2, 0) is 4.79 Å². The van der Waals surface area contributed by atoms with Crippen LogP contribution in [-0.4, -0.2) is 11.1 Å². The molecule has 0 aliphatic heterocycles. The molecule has 0 rings (SSSR count). The lowest BCUT2D eigenvalue weighted by Crippen LogP contribution is -1.90. The number of rotatable bonds is 2. The zero-order valence-corrected chi connectivity index (χ0v) is 3.77. The molecule has 0 heterocycles. The number of carboxylic acid groups (broad SMARTS) is 1. The van der Waals surface area contributed by atoms with Gasteiger partial charge in [0, 0.05) is 6.42 Å². The van der Waals surface area contributed by atoms with Crippen molar-refractivity contribution in [2.24, 2.45) is 0 Å². The number of carbonyl (C=O) groups is 1. The Morgan fingerprint density at radius 3 is 2.14 bits per heavy atom. The van der Waals surface area contributed by atoms with Crippen LogP contribution in [0.15, 0.2) is 0 Å². The van der Waals surface area contributed by atoms with E-state index in [1.165, 1.54) is 0 Å². The topological polar surface area (TPSA) is 37.3 Å². The quantitative estimate of drug-likeness (QED) is 0.576. The van der Waals surface area contributed by atoms with Gasteiger partial charge in [0.05, 0.1) is 0 Å². The number of hydrogen-bond acceptors (Lipinski definition) is 1. The number of aliphatic carboxylic acids is 1. The van der Waals surface area contributed by atoms with E-state index in [9.17, 15) is 4.79 Å². The summed E-state index contributed by atoms with van der Waals surface area (Å²) < 4.78 is 0. The number of hydrogen-bond donors (Lipinski definition) is 1. The van der Waals surface area contributed by atoms with Crippen LogP contribution in [0.5, 0.6) is 0 Å². The summed E-state index contributed by atoms with van der Waals surface area (Å²) >= 11 is 0. The van der Waals surface area contributed by atoms with Crippen LogP contribution in [0.3, 0.4) is 0 Å². The van der Waals surface area contributed by atoms with E-state index >= 15 is 0 Å². The first-order valence-electron chi connectivity index (χ1n) is 1.99. The maximum atomic E-state index is 9.60. The Morgan fingerprint density at radius 2 is 2.14 bits per heavy atom. The van der Waals surface area contributed by atoms with Crippen LogP contribution in [0, 0.1) is 0 Å². The van der Waals surface area contributed by atoms with E-state index in [0.29, 0.717) is 6.42 Å². The van der Waals surface area contributed by atoms with E-state index in [1.54, 1.807) is 0 Å². The van der Waals surface area contributed by atoms with E-state index in [2.05, 4.69) is 0 Å². The molecule has 0 aromatic rings. The van der Waals surface area contributed by atoms with E-state index in [0.717, 1.165) is 6.42 Å². The van der Waals surface area contributed by atoms with Gasteiger partial charge in [0.25, 0.3) is 0 Å². The zero-order valence-electron chi connectivity index (χ0n) is 3.77. The molecule has 0 spiro atoms. The van der Waals surface area contributed by atoms with Gasteiger partial charge in [-0.15, -0.1) is 0 Å². The molecular weight excluding hydrogens is 92.1 g/mol. The van der Waals surface area contributed by atoms with Crippen LogP contribution in [0.2, 0.25) is 0 Å². The Morgan fingerprint density at radius 1 is 1.71 bits per heavy atom. The summed E-state index contributed by atoms with van der Waals surface area (Å²) in [6.45, 7) is 1.84. The lowest BCUT2D eigenvalue weighted by Gasteiger charge is -1.79. The second kappa shape index (κ2) is 5.47. The van der Waals surface area contributed by atoms with Gasteiger partial charge < -0.3 is 5.11 Å². The molecule has 0 amide bonds. The van der Waals surface area contributed by atoms with Gasteiger partial charge in [-0.2, -0.15) is 0 Å². The Labute approximate surface area is 44.2 Å². The molecule has 1 N–H and O–H groups in total. The minimum Gasteiger partial charge on any atom is -0.481 e. The minimum atomic E-state index is -0.711. The van der Waals surface area contributed by atoms with Crippen LogP contribution >= 0.6 is 0 Å². The second-order valence-electron chi connectivity index (χ2n) is 1.14. The Kier molecular flexibility index (Phi) is 7.57. The summed E-state index contributed by atoms with van der Waals surface area (Å²) in [7, 11) is 0. The molecule has 0 unspecified atom stereocenters.